The van der Waals surface area contributed by atoms with E-state index in [0.717, 1.165) is 12.1 Å². The maximum atomic E-state index is 12.9. The molecule has 1 atom stereocenters. The van der Waals surface area contributed by atoms with Crippen molar-refractivity contribution in [2.75, 3.05) is 5.32 Å². The largest absolute Gasteiger partial charge is 0.434 e. The first kappa shape index (κ1) is 16.2. The monoisotopic (exact) mass is 410 g/mol. The molecule has 1 aliphatic carbocycles. The molecule has 130 valence electrons. The lowest BCUT2D eigenvalue weighted by atomic mass is 9.85. The van der Waals surface area contributed by atoms with Crippen LogP contribution in [0, 0.1) is 0 Å². The molecule has 6 nitrogen and oxygen atoms in total. The number of fused-ring (bicyclic) bond motifs is 1. The number of Topliss-reactive ketones (excluding diaryl/α,β-unsaturated/α-hetero) is 1. The minimum atomic E-state index is -2.97. The Labute approximate surface area is 150 Å². The molecule has 2 heterocycles. The van der Waals surface area contributed by atoms with E-state index in [4.69, 9.17) is 4.74 Å². The van der Waals surface area contributed by atoms with E-state index in [1.165, 1.54) is 17.1 Å². The number of alkyl halides is 2. The molecule has 0 fully saturated rings. The van der Waals surface area contributed by atoms with Gasteiger partial charge in [-0.2, -0.15) is 18.9 Å². The van der Waals surface area contributed by atoms with E-state index < -0.39 is 12.7 Å². The van der Waals surface area contributed by atoms with Crippen LogP contribution in [0.15, 0.2) is 40.3 Å². The molecule has 4 rings (SSSR count). The van der Waals surface area contributed by atoms with Gasteiger partial charge in [0.25, 0.3) is 0 Å². The SMILES string of the molecule is O=C1CCCC2=C1[C@@H](c1cc(Br)ccc1OC(F)F)n1ncnc1N2. The second-order valence-corrected chi connectivity index (χ2v) is 6.70. The number of halogens is 3. The number of carbonyl (C=O) groups excluding carboxylic acids is 1. The van der Waals surface area contributed by atoms with Gasteiger partial charge in [-0.05, 0) is 31.0 Å². The zero-order valence-corrected chi connectivity index (χ0v) is 14.5. The highest BCUT2D eigenvalue weighted by Gasteiger charge is 2.37. The van der Waals surface area contributed by atoms with Gasteiger partial charge in [-0.25, -0.2) is 4.68 Å². The quantitative estimate of drug-likeness (QED) is 0.835. The van der Waals surface area contributed by atoms with Gasteiger partial charge in [0.05, 0.1) is 0 Å². The predicted octanol–water partition coefficient (Wildman–Crippen LogP) is 3.66. The molecule has 0 amide bonds. The van der Waals surface area contributed by atoms with Crippen LogP contribution < -0.4 is 10.1 Å². The van der Waals surface area contributed by atoms with Crippen LogP contribution in [0.2, 0.25) is 0 Å². The second kappa shape index (κ2) is 6.21. The van der Waals surface area contributed by atoms with Gasteiger partial charge in [0, 0.05) is 27.7 Å². The second-order valence-electron chi connectivity index (χ2n) is 5.79. The Bertz CT molecular complexity index is 881. The summed E-state index contributed by atoms with van der Waals surface area (Å²) in [7, 11) is 0. The Balaban J connectivity index is 1.92. The number of hydrogen-bond acceptors (Lipinski definition) is 5. The lowest BCUT2D eigenvalue weighted by Crippen LogP contribution is -2.32. The van der Waals surface area contributed by atoms with E-state index in [2.05, 4.69) is 31.3 Å². The van der Waals surface area contributed by atoms with Crippen molar-refractivity contribution in [2.24, 2.45) is 0 Å². The molecule has 1 N–H and O–H groups in total. The minimum absolute atomic E-state index is 0.0109. The lowest BCUT2D eigenvalue weighted by Gasteiger charge is -2.32. The highest BCUT2D eigenvalue weighted by atomic mass is 79.9. The third-order valence-electron chi connectivity index (χ3n) is 4.29. The molecule has 1 aliphatic heterocycles. The van der Waals surface area contributed by atoms with Crippen LogP contribution in [0.4, 0.5) is 14.7 Å². The van der Waals surface area contributed by atoms with Crippen molar-refractivity contribution >= 4 is 27.7 Å². The van der Waals surface area contributed by atoms with E-state index in [1.54, 1.807) is 12.1 Å². The Morgan fingerprint density at radius 1 is 1.36 bits per heavy atom. The maximum absolute atomic E-state index is 12.9. The van der Waals surface area contributed by atoms with Crippen LogP contribution in [0.25, 0.3) is 0 Å². The van der Waals surface area contributed by atoms with Gasteiger partial charge in [0.15, 0.2) is 5.78 Å². The minimum Gasteiger partial charge on any atom is -0.434 e. The summed E-state index contributed by atoms with van der Waals surface area (Å²) < 4.78 is 32.6. The van der Waals surface area contributed by atoms with Gasteiger partial charge in [0.1, 0.15) is 18.1 Å². The molecule has 0 bridgehead atoms. The highest BCUT2D eigenvalue weighted by Crippen LogP contribution is 2.43. The lowest BCUT2D eigenvalue weighted by molar-refractivity contribution is -0.116. The summed E-state index contributed by atoms with van der Waals surface area (Å²) in [6.45, 7) is -2.97. The van der Waals surface area contributed by atoms with E-state index >= 15 is 0 Å². The van der Waals surface area contributed by atoms with E-state index in [0.29, 0.717) is 34.4 Å². The molecule has 2 aromatic rings. The first-order valence-corrected chi connectivity index (χ1v) is 8.51. The maximum Gasteiger partial charge on any atom is 0.387 e. The number of nitrogens with one attached hydrogen (secondary N) is 1. The van der Waals surface area contributed by atoms with Gasteiger partial charge < -0.3 is 10.1 Å². The van der Waals surface area contributed by atoms with Crippen LogP contribution in [0.1, 0.15) is 30.9 Å². The number of allylic oxidation sites excluding steroid dienone is 2. The molecule has 1 aromatic heterocycles. The van der Waals surface area contributed by atoms with Crippen LogP contribution in [-0.4, -0.2) is 27.2 Å². The smallest absolute Gasteiger partial charge is 0.387 e. The van der Waals surface area contributed by atoms with Gasteiger partial charge in [-0.3, -0.25) is 4.79 Å². The molecular formula is C16H13BrF2N4O2. The summed E-state index contributed by atoms with van der Waals surface area (Å²) in [6.07, 6.45) is 3.22. The number of ether oxygens (including phenoxy) is 1. The molecule has 1 aromatic carbocycles. The summed E-state index contributed by atoms with van der Waals surface area (Å²) in [4.78, 5) is 16.8. The third-order valence-corrected chi connectivity index (χ3v) is 4.79. The van der Waals surface area contributed by atoms with Crippen molar-refractivity contribution in [1.82, 2.24) is 14.8 Å². The van der Waals surface area contributed by atoms with Crippen molar-refractivity contribution in [3.63, 3.8) is 0 Å². The number of ketones is 1. The molecule has 9 heteroatoms. The topological polar surface area (TPSA) is 69.0 Å². The first-order valence-electron chi connectivity index (χ1n) is 7.71. The van der Waals surface area contributed by atoms with E-state index in [9.17, 15) is 13.6 Å². The van der Waals surface area contributed by atoms with Crippen molar-refractivity contribution in [1.29, 1.82) is 0 Å². The molecule has 0 unspecified atom stereocenters. The zero-order chi connectivity index (χ0) is 17.6. The number of rotatable bonds is 3. The van der Waals surface area contributed by atoms with Crippen LogP contribution in [0.5, 0.6) is 5.75 Å². The van der Waals surface area contributed by atoms with Crippen molar-refractivity contribution in [2.45, 2.75) is 31.9 Å². The summed E-state index contributed by atoms with van der Waals surface area (Å²) >= 11 is 3.36. The number of nitrogens with zero attached hydrogens (tertiary/aromatic N) is 3. The Morgan fingerprint density at radius 3 is 3.00 bits per heavy atom. The molecular weight excluding hydrogens is 398 g/mol. The standard InChI is InChI=1S/C16H13BrF2N4O2/c17-8-4-5-12(25-15(18)19)9(6-8)14-13-10(2-1-3-11(13)24)22-16-20-7-21-23(14)16/h4-7,14-15H,1-3H2,(H,20,21,22)/t14-/m1/s1. The molecule has 0 radical (unpaired) electrons. The fourth-order valence-corrected chi connectivity index (χ4v) is 3.70. The van der Waals surface area contributed by atoms with Gasteiger partial charge in [0.2, 0.25) is 5.95 Å². The number of anilines is 1. The summed E-state index contributed by atoms with van der Waals surface area (Å²) in [5.41, 5.74) is 1.73. The van der Waals surface area contributed by atoms with Crippen molar-refractivity contribution in [3.05, 3.63) is 45.8 Å². The van der Waals surface area contributed by atoms with Gasteiger partial charge in [-0.15, -0.1) is 0 Å². The fourth-order valence-electron chi connectivity index (χ4n) is 3.32. The van der Waals surface area contributed by atoms with E-state index in [-0.39, 0.29) is 11.5 Å². The normalized spacial score (nSPS) is 19.5. The van der Waals surface area contributed by atoms with Crippen molar-refractivity contribution < 1.29 is 18.3 Å². The summed E-state index contributed by atoms with van der Waals surface area (Å²) in [5.74, 6) is 0.459. The molecule has 25 heavy (non-hydrogen) atoms. The third kappa shape index (κ3) is 2.82. The first-order chi connectivity index (χ1) is 12.0. The predicted molar refractivity (Wildman–Crippen MR) is 88.4 cm³/mol. The molecule has 0 spiro atoms. The Hall–Kier alpha value is -2.29. The van der Waals surface area contributed by atoms with Crippen LogP contribution in [-0.2, 0) is 4.79 Å². The fraction of sp³-hybridized carbons (Fsp3) is 0.312. The average Bonchev–Trinajstić information content (AvgIpc) is 3.02. The van der Waals surface area contributed by atoms with Gasteiger partial charge >= 0.3 is 6.61 Å². The number of carbonyl (C=O) groups is 1. The number of benzene rings is 1. The highest BCUT2D eigenvalue weighted by molar-refractivity contribution is 9.10. The molecule has 0 saturated heterocycles. The average molecular weight is 411 g/mol. The molecule has 0 saturated carbocycles. The molecule has 2 aliphatic rings. The van der Waals surface area contributed by atoms with Gasteiger partial charge in [-0.1, -0.05) is 15.9 Å². The summed E-state index contributed by atoms with van der Waals surface area (Å²) in [5, 5.41) is 7.32. The van der Waals surface area contributed by atoms with Crippen LogP contribution in [0.3, 0.4) is 0 Å². The number of hydrogen-bond donors (Lipinski definition) is 1. The zero-order valence-electron chi connectivity index (χ0n) is 12.9. The Kier molecular flexibility index (Phi) is 4.03. The van der Waals surface area contributed by atoms with E-state index in [1.807, 2.05) is 0 Å². The summed E-state index contributed by atoms with van der Waals surface area (Å²) in [6, 6.07) is 4.08. The number of aromatic nitrogens is 3. The Morgan fingerprint density at radius 2 is 2.20 bits per heavy atom. The van der Waals surface area contributed by atoms with Crippen LogP contribution >= 0.6 is 15.9 Å². The van der Waals surface area contributed by atoms with Crippen molar-refractivity contribution in [3.8, 4) is 5.75 Å².